The van der Waals surface area contributed by atoms with Crippen molar-refractivity contribution in [3.05, 3.63) is 60.2 Å². The second kappa shape index (κ2) is 8.54. The van der Waals surface area contributed by atoms with Gasteiger partial charge in [0.25, 0.3) is 0 Å². The number of rotatable bonds is 5. The molecule has 0 saturated carbocycles. The zero-order valence-electron chi connectivity index (χ0n) is 17.8. The second-order valence-corrected chi connectivity index (χ2v) is 7.47. The summed E-state index contributed by atoms with van der Waals surface area (Å²) in [6.07, 6.45) is 1.24. The van der Waals surface area contributed by atoms with Gasteiger partial charge in [-0.3, -0.25) is 4.79 Å². The summed E-state index contributed by atoms with van der Waals surface area (Å²) in [4.78, 5) is 32.1. The Kier molecular flexibility index (Phi) is 5.61. The number of primary amides is 1. The summed E-state index contributed by atoms with van der Waals surface area (Å²) in [5.41, 5.74) is 13.9. The zero-order chi connectivity index (χ0) is 23.7. The van der Waals surface area contributed by atoms with Crippen LogP contribution in [-0.2, 0) is 4.79 Å². The number of hydrogen-bond acceptors (Lipinski definition) is 6. The highest BCUT2D eigenvalue weighted by Crippen LogP contribution is 2.33. The first kappa shape index (κ1) is 21.7. The first-order valence-electron chi connectivity index (χ1n) is 9.97. The van der Waals surface area contributed by atoms with Crippen molar-refractivity contribution >= 4 is 40.2 Å². The van der Waals surface area contributed by atoms with Crippen LogP contribution in [0.1, 0.15) is 18.5 Å². The molecule has 2 aromatic carbocycles. The van der Waals surface area contributed by atoms with E-state index in [1.54, 1.807) is 31.2 Å². The Hall–Kier alpha value is -4.54. The number of fused-ring (bicyclic) bond motifs is 1. The number of aromatic nitrogens is 4. The molecule has 0 bridgehead atoms. The number of halogens is 1. The van der Waals surface area contributed by atoms with Crippen LogP contribution in [0.2, 0.25) is 0 Å². The number of anilines is 3. The molecule has 4 aromatic rings. The van der Waals surface area contributed by atoms with Crippen molar-refractivity contribution in [2.24, 2.45) is 5.73 Å². The first-order chi connectivity index (χ1) is 15.7. The number of carbonyl (C=O) groups excluding carboxylic acids is 2. The fourth-order valence-electron chi connectivity index (χ4n) is 3.36. The number of benzene rings is 2. The maximum absolute atomic E-state index is 14.9. The van der Waals surface area contributed by atoms with E-state index in [-0.39, 0.29) is 17.2 Å². The lowest BCUT2D eigenvalue weighted by molar-refractivity contribution is -0.120. The molecule has 0 aliphatic rings. The van der Waals surface area contributed by atoms with Gasteiger partial charge in [0.2, 0.25) is 5.91 Å². The van der Waals surface area contributed by atoms with Gasteiger partial charge in [0.15, 0.2) is 5.65 Å². The molecule has 0 aliphatic heterocycles. The maximum Gasteiger partial charge on any atom is 0.323 e. The fraction of sp³-hybridized carbons (Fsp3) is 0.136. The fourth-order valence-corrected chi connectivity index (χ4v) is 3.36. The minimum Gasteiger partial charge on any atom is -0.383 e. The number of hydrogen-bond donors (Lipinski definition) is 4. The van der Waals surface area contributed by atoms with Crippen molar-refractivity contribution in [2.45, 2.75) is 19.9 Å². The third-order valence-electron chi connectivity index (χ3n) is 5.06. The molecule has 0 radical (unpaired) electrons. The van der Waals surface area contributed by atoms with E-state index in [9.17, 15) is 14.0 Å². The topological polar surface area (TPSA) is 154 Å². The number of aryl methyl sites for hydroxylation is 1. The number of nitrogens with one attached hydrogen (secondary N) is 2. The average molecular weight is 448 g/mol. The average Bonchev–Trinajstić information content (AvgIpc) is 3.15. The highest BCUT2D eigenvalue weighted by molar-refractivity contribution is 6.01. The third kappa shape index (κ3) is 4.28. The van der Waals surface area contributed by atoms with Crippen LogP contribution in [-0.4, -0.2) is 31.7 Å². The van der Waals surface area contributed by atoms with Crippen LogP contribution >= 0.6 is 0 Å². The smallest absolute Gasteiger partial charge is 0.323 e. The lowest BCUT2D eigenvalue weighted by atomic mass is 10.1. The van der Waals surface area contributed by atoms with E-state index in [0.29, 0.717) is 22.3 Å². The van der Waals surface area contributed by atoms with Crippen LogP contribution in [0.4, 0.5) is 26.4 Å². The van der Waals surface area contributed by atoms with Crippen LogP contribution in [0.3, 0.4) is 0 Å². The highest BCUT2D eigenvalue weighted by Gasteiger charge is 2.23. The Morgan fingerprint density at radius 1 is 1.12 bits per heavy atom. The van der Waals surface area contributed by atoms with Gasteiger partial charge < -0.3 is 22.1 Å². The largest absolute Gasteiger partial charge is 0.383 e. The normalized spacial score (nSPS) is 11.8. The van der Waals surface area contributed by atoms with Gasteiger partial charge in [-0.1, -0.05) is 18.2 Å². The molecule has 1 atom stereocenters. The molecule has 2 aromatic heterocycles. The van der Waals surface area contributed by atoms with E-state index in [2.05, 4.69) is 25.7 Å². The number of nitrogen functional groups attached to an aromatic ring is 1. The van der Waals surface area contributed by atoms with Gasteiger partial charge in [-0.25, -0.2) is 23.8 Å². The van der Waals surface area contributed by atoms with Crippen LogP contribution in [0.15, 0.2) is 48.8 Å². The minimum atomic E-state index is -0.813. The van der Waals surface area contributed by atoms with Gasteiger partial charge in [-0.15, -0.1) is 0 Å². The standard InChI is InChI=1S/C22H21FN8O2/c1-11-4-3-5-14(8-11)28-22(33)29-16-7-6-13(9-15(16)23)18-17-19(24)26-10-27-21(17)31(30-18)12(2)20(25)32/h3-10,12H,1-2H3,(H2,25,32)(H2,24,26,27)(H2,28,29,33). The Balaban J connectivity index is 1.65. The number of carbonyl (C=O) groups is 2. The molecule has 0 spiro atoms. The predicted octanol–water partition coefficient (Wildman–Crippen LogP) is 3.21. The van der Waals surface area contributed by atoms with Crippen molar-refractivity contribution < 1.29 is 14.0 Å². The molecular weight excluding hydrogens is 427 g/mol. The van der Waals surface area contributed by atoms with Gasteiger partial charge in [-0.2, -0.15) is 5.10 Å². The lowest BCUT2D eigenvalue weighted by Gasteiger charge is -2.10. The van der Waals surface area contributed by atoms with Crippen molar-refractivity contribution in [1.82, 2.24) is 19.7 Å². The Morgan fingerprint density at radius 3 is 2.61 bits per heavy atom. The van der Waals surface area contributed by atoms with Crippen LogP contribution in [0.5, 0.6) is 0 Å². The van der Waals surface area contributed by atoms with Crippen molar-refractivity contribution in [3.8, 4) is 11.3 Å². The van der Waals surface area contributed by atoms with Crippen molar-refractivity contribution in [2.75, 3.05) is 16.4 Å². The van der Waals surface area contributed by atoms with Crippen LogP contribution in [0, 0.1) is 12.7 Å². The number of nitrogens with two attached hydrogens (primary N) is 2. The summed E-state index contributed by atoms with van der Waals surface area (Å²) < 4.78 is 16.2. The van der Waals surface area contributed by atoms with Gasteiger partial charge in [0.1, 0.15) is 29.7 Å². The molecule has 11 heteroatoms. The Labute approximate surface area is 187 Å². The van der Waals surface area contributed by atoms with Gasteiger partial charge in [-0.05, 0) is 43.7 Å². The minimum absolute atomic E-state index is 0.0256. The molecule has 0 saturated heterocycles. The molecule has 1 unspecified atom stereocenters. The number of urea groups is 1. The summed E-state index contributed by atoms with van der Waals surface area (Å²) in [5.74, 6) is -1.18. The third-order valence-corrected chi connectivity index (χ3v) is 5.06. The highest BCUT2D eigenvalue weighted by atomic mass is 19.1. The SMILES string of the molecule is Cc1cccc(NC(=O)Nc2ccc(-c3nn(C(C)C(N)=O)c4ncnc(N)c34)cc2F)c1. The molecule has 168 valence electrons. The molecule has 2 heterocycles. The van der Waals surface area contributed by atoms with Crippen LogP contribution < -0.4 is 22.1 Å². The summed E-state index contributed by atoms with van der Waals surface area (Å²) in [6.45, 7) is 3.46. The van der Waals surface area contributed by atoms with Gasteiger partial charge in [0, 0.05) is 11.3 Å². The molecule has 4 rings (SSSR count). The van der Waals surface area contributed by atoms with Crippen molar-refractivity contribution in [3.63, 3.8) is 0 Å². The number of amides is 3. The zero-order valence-corrected chi connectivity index (χ0v) is 17.8. The molecule has 6 N–H and O–H groups in total. The van der Waals surface area contributed by atoms with E-state index in [1.165, 1.54) is 23.1 Å². The summed E-state index contributed by atoms with van der Waals surface area (Å²) >= 11 is 0. The predicted molar refractivity (Wildman–Crippen MR) is 123 cm³/mol. The second-order valence-electron chi connectivity index (χ2n) is 7.47. The summed E-state index contributed by atoms with van der Waals surface area (Å²) in [7, 11) is 0. The molecule has 0 fully saturated rings. The monoisotopic (exact) mass is 448 g/mol. The maximum atomic E-state index is 14.9. The summed E-state index contributed by atoms with van der Waals surface area (Å²) in [5, 5.41) is 9.90. The number of nitrogens with zero attached hydrogens (tertiary/aromatic N) is 4. The molecule has 10 nitrogen and oxygen atoms in total. The molecule has 0 aliphatic carbocycles. The van der Waals surface area contributed by atoms with Crippen LogP contribution in [0.25, 0.3) is 22.3 Å². The Morgan fingerprint density at radius 2 is 1.91 bits per heavy atom. The van der Waals surface area contributed by atoms with Crippen molar-refractivity contribution in [1.29, 1.82) is 0 Å². The summed E-state index contributed by atoms with van der Waals surface area (Å²) in [6, 6.07) is 10.00. The first-order valence-corrected chi connectivity index (χ1v) is 9.97. The molecule has 3 amide bonds. The van der Waals surface area contributed by atoms with E-state index in [1.807, 2.05) is 13.0 Å². The van der Waals surface area contributed by atoms with E-state index >= 15 is 0 Å². The van der Waals surface area contributed by atoms with Gasteiger partial charge >= 0.3 is 6.03 Å². The Bertz CT molecular complexity index is 1380. The van der Waals surface area contributed by atoms with E-state index in [4.69, 9.17) is 11.5 Å². The quantitative estimate of drug-likeness (QED) is 0.368. The molecular formula is C22H21FN8O2. The molecule has 33 heavy (non-hydrogen) atoms. The van der Waals surface area contributed by atoms with E-state index < -0.39 is 23.8 Å². The lowest BCUT2D eigenvalue weighted by Crippen LogP contribution is -2.25. The van der Waals surface area contributed by atoms with Gasteiger partial charge in [0.05, 0.1) is 11.1 Å². The van der Waals surface area contributed by atoms with E-state index in [0.717, 1.165) is 5.56 Å².